The number of aromatic nitrogens is 2. The van der Waals surface area contributed by atoms with Crippen LogP contribution in [0.1, 0.15) is 64.5 Å². The molecule has 6 nitrogen and oxygen atoms in total. The lowest BCUT2D eigenvalue weighted by atomic mass is 9.70. The number of anilines is 2. The minimum atomic E-state index is -2.96. The third-order valence-electron chi connectivity index (χ3n) is 7.92. The quantitative estimate of drug-likeness (QED) is 0.436. The lowest BCUT2D eigenvalue weighted by Gasteiger charge is -2.40. The Balaban J connectivity index is 1.33. The molecule has 2 aromatic carbocycles. The van der Waals surface area contributed by atoms with Gasteiger partial charge in [-0.3, -0.25) is 4.79 Å². The SMILES string of the molecule is C[C@H]1C[C@@H](n2c(Nc3ccc(CC(=O)C4CCS(=O)(=O)CC4)cc3)nc3ccccc32)CC(C)(C)C1. The monoisotopic (exact) mass is 507 g/mol. The molecule has 7 heteroatoms. The highest BCUT2D eigenvalue weighted by Crippen LogP contribution is 2.46. The summed E-state index contributed by atoms with van der Waals surface area (Å²) in [6, 6.07) is 16.7. The molecule has 36 heavy (non-hydrogen) atoms. The van der Waals surface area contributed by atoms with Crippen LogP contribution in [0.3, 0.4) is 0 Å². The second kappa shape index (κ2) is 9.66. The van der Waals surface area contributed by atoms with E-state index in [1.807, 2.05) is 30.3 Å². The third-order valence-corrected chi connectivity index (χ3v) is 9.64. The molecule has 1 aromatic heterocycles. The van der Waals surface area contributed by atoms with Crippen LogP contribution in [0.4, 0.5) is 11.6 Å². The zero-order valence-corrected chi connectivity index (χ0v) is 22.4. The van der Waals surface area contributed by atoms with Gasteiger partial charge in [0.05, 0.1) is 22.5 Å². The Bertz CT molecular complexity index is 1340. The normalized spacial score (nSPS) is 24.0. The topological polar surface area (TPSA) is 81.1 Å². The number of nitrogens with one attached hydrogen (secondary N) is 1. The van der Waals surface area contributed by atoms with Crippen molar-refractivity contribution in [2.24, 2.45) is 17.3 Å². The summed E-state index contributed by atoms with van der Waals surface area (Å²) in [6.45, 7) is 7.09. The minimum absolute atomic E-state index is 0.129. The summed E-state index contributed by atoms with van der Waals surface area (Å²) in [5, 5.41) is 3.55. The Morgan fingerprint density at radius 1 is 1.06 bits per heavy atom. The van der Waals surface area contributed by atoms with Crippen LogP contribution in [0.25, 0.3) is 11.0 Å². The zero-order valence-electron chi connectivity index (χ0n) is 21.5. The molecular weight excluding hydrogens is 470 g/mol. The van der Waals surface area contributed by atoms with E-state index in [9.17, 15) is 13.2 Å². The summed E-state index contributed by atoms with van der Waals surface area (Å²) in [7, 11) is -2.96. The average Bonchev–Trinajstić information content (AvgIpc) is 3.16. The van der Waals surface area contributed by atoms with E-state index in [0.29, 0.717) is 36.6 Å². The zero-order chi connectivity index (χ0) is 25.5. The van der Waals surface area contributed by atoms with Crippen LogP contribution in [0, 0.1) is 17.3 Å². The molecule has 0 unspecified atom stereocenters. The van der Waals surface area contributed by atoms with E-state index >= 15 is 0 Å². The van der Waals surface area contributed by atoms with Gasteiger partial charge in [0.2, 0.25) is 5.95 Å². The van der Waals surface area contributed by atoms with Crippen molar-refractivity contribution in [3.8, 4) is 0 Å². The maximum atomic E-state index is 12.7. The van der Waals surface area contributed by atoms with Crippen molar-refractivity contribution in [3.05, 3.63) is 54.1 Å². The van der Waals surface area contributed by atoms with Crippen LogP contribution in [0.2, 0.25) is 0 Å². The van der Waals surface area contributed by atoms with Gasteiger partial charge in [0.1, 0.15) is 15.6 Å². The van der Waals surface area contributed by atoms with Crippen molar-refractivity contribution in [2.75, 3.05) is 16.8 Å². The molecule has 0 bridgehead atoms. The van der Waals surface area contributed by atoms with Crippen molar-refractivity contribution in [3.63, 3.8) is 0 Å². The average molecular weight is 508 g/mol. The van der Waals surface area contributed by atoms with Crippen LogP contribution >= 0.6 is 0 Å². The number of carbonyl (C=O) groups is 1. The lowest BCUT2D eigenvalue weighted by Crippen LogP contribution is -2.29. The van der Waals surface area contributed by atoms with Gasteiger partial charge in [-0.2, -0.15) is 0 Å². The second-order valence-electron chi connectivity index (χ2n) is 11.8. The third kappa shape index (κ3) is 5.51. The van der Waals surface area contributed by atoms with E-state index in [0.717, 1.165) is 41.1 Å². The highest BCUT2D eigenvalue weighted by Gasteiger charge is 2.34. The molecular formula is C29H37N3O3S. The number of nitrogens with zero attached hydrogens (tertiary/aromatic N) is 2. The van der Waals surface area contributed by atoms with Crippen LogP contribution < -0.4 is 5.32 Å². The molecule has 2 atom stereocenters. The second-order valence-corrected chi connectivity index (χ2v) is 14.1. The fourth-order valence-electron chi connectivity index (χ4n) is 6.39. The maximum absolute atomic E-state index is 12.7. The summed E-state index contributed by atoms with van der Waals surface area (Å²) < 4.78 is 25.7. The predicted octanol–water partition coefficient (Wildman–Crippen LogP) is 6.10. The summed E-state index contributed by atoms with van der Waals surface area (Å²) in [4.78, 5) is 17.7. The maximum Gasteiger partial charge on any atom is 0.208 e. The predicted molar refractivity (Wildman–Crippen MR) is 145 cm³/mol. The van der Waals surface area contributed by atoms with Crippen molar-refractivity contribution in [2.45, 2.75) is 65.3 Å². The van der Waals surface area contributed by atoms with E-state index < -0.39 is 9.84 Å². The van der Waals surface area contributed by atoms with Gasteiger partial charge >= 0.3 is 0 Å². The molecule has 1 aliphatic carbocycles. The minimum Gasteiger partial charge on any atom is -0.326 e. The molecule has 1 saturated carbocycles. The Hall–Kier alpha value is -2.67. The number of sulfone groups is 1. The first kappa shape index (κ1) is 25.0. The van der Waals surface area contributed by atoms with Crippen molar-refractivity contribution < 1.29 is 13.2 Å². The summed E-state index contributed by atoms with van der Waals surface area (Å²) >= 11 is 0. The van der Waals surface area contributed by atoms with Gasteiger partial charge in [-0.15, -0.1) is 0 Å². The number of fused-ring (bicyclic) bond motifs is 1. The molecule has 2 aliphatic rings. The first-order valence-corrected chi connectivity index (χ1v) is 15.0. The largest absolute Gasteiger partial charge is 0.326 e. The van der Waals surface area contributed by atoms with Gasteiger partial charge in [-0.1, -0.05) is 45.0 Å². The van der Waals surface area contributed by atoms with Crippen LogP contribution in [0.5, 0.6) is 0 Å². The number of ketones is 1. The molecule has 2 heterocycles. The van der Waals surface area contributed by atoms with Gasteiger partial charge < -0.3 is 9.88 Å². The number of carbonyl (C=O) groups excluding carboxylic acids is 1. The Kier molecular flexibility index (Phi) is 6.70. The highest BCUT2D eigenvalue weighted by molar-refractivity contribution is 7.91. The molecule has 1 saturated heterocycles. The number of para-hydroxylation sites is 2. The fourth-order valence-corrected chi connectivity index (χ4v) is 7.88. The first-order chi connectivity index (χ1) is 17.1. The van der Waals surface area contributed by atoms with E-state index in [1.165, 1.54) is 6.42 Å². The molecule has 1 N–H and O–H groups in total. The number of Topliss-reactive ketones (excluding diaryl/α,β-unsaturated/α-hetero) is 1. The van der Waals surface area contributed by atoms with Crippen LogP contribution in [0.15, 0.2) is 48.5 Å². The van der Waals surface area contributed by atoms with Crippen molar-refractivity contribution in [1.29, 1.82) is 0 Å². The fraction of sp³-hybridized carbons (Fsp3) is 0.517. The molecule has 0 radical (unpaired) electrons. The molecule has 5 rings (SSSR count). The van der Waals surface area contributed by atoms with Gasteiger partial charge in [-0.25, -0.2) is 13.4 Å². The van der Waals surface area contributed by atoms with Crippen molar-refractivity contribution >= 4 is 38.3 Å². The van der Waals surface area contributed by atoms with Crippen LogP contribution in [-0.4, -0.2) is 35.3 Å². The molecule has 192 valence electrons. The first-order valence-electron chi connectivity index (χ1n) is 13.1. The Labute approximate surface area is 214 Å². The van der Waals surface area contributed by atoms with E-state index in [1.54, 1.807) is 0 Å². The smallest absolute Gasteiger partial charge is 0.208 e. The standard InChI is InChI=1S/C29H37N3O3S/c1-20-16-24(19-29(2,3)18-20)32-26-7-5-4-6-25(26)31-28(32)30-23-10-8-21(9-11-23)17-27(33)22-12-14-36(34,35)15-13-22/h4-11,20,22,24H,12-19H2,1-3H3,(H,30,31)/t20-,24+/m0/s1. The van der Waals surface area contributed by atoms with Crippen LogP contribution in [-0.2, 0) is 21.1 Å². The lowest BCUT2D eigenvalue weighted by molar-refractivity contribution is -0.122. The van der Waals surface area contributed by atoms with E-state index in [-0.39, 0.29) is 23.2 Å². The number of imidazole rings is 1. The molecule has 1 aliphatic heterocycles. The summed E-state index contributed by atoms with van der Waals surface area (Å²) in [5.41, 5.74) is 4.34. The number of hydrogen-bond donors (Lipinski definition) is 1. The summed E-state index contributed by atoms with van der Waals surface area (Å²) in [5.74, 6) is 1.77. The van der Waals surface area contributed by atoms with E-state index in [2.05, 4.69) is 48.9 Å². The highest BCUT2D eigenvalue weighted by atomic mass is 32.2. The van der Waals surface area contributed by atoms with Gasteiger partial charge in [0, 0.05) is 24.1 Å². The Morgan fingerprint density at radius 3 is 2.44 bits per heavy atom. The number of benzene rings is 2. The number of rotatable bonds is 6. The number of hydrogen-bond acceptors (Lipinski definition) is 5. The molecule has 0 amide bonds. The van der Waals surface area contributed by atoms with E-state index in [4.69, 9.17) is 4.98 Å². The van der Waals surface area contributed by atoms with Crippen molar-refractivity contribution in [1.82, 2.24) is 9.55 Å². The Morgan fingerprint density at radius 2 is 1.75 bits per heavy atom. The van der Waals surface area contributed by atoms with Gasteiger partial charge in [0.25, 0.3) is 0 Å². The molecule has 2 fully saturated rings. The molecule has 0 spiro atoms. The summed E-state index contributed by atoms with van der Waals surface area (Å²) in [6.07, 6.45) is 4.76. The van der Waals surface area contributed by atoms with Gasteiger partial charge in [0.15, 0.2) is 0 Å². The van der Waals surface area contributed by atoms with Gasteiger partial charge in [-0.05, 0) is 73.3 Å². The molecule has 3 aromatic rings.